The SMILES string of the molecule is CCOC=Nc1c(C#N)c(C)cc(C)c1C#N. The van der Waals surface area contributed by atoms with Crippen LogP contribution in [0.3, 0.4) is 0 Å². The van der Waals surface area contributed by atoms with Crippen molar-refractivity contribution in [1.82, 2.24) is 0 Å². The van der Waals surface area contributed by atoms with E-state index in [1.807, 2.05) is 26.8 Å². The first-order valence-electron chi connectivity index (χ1n) is 5.24. The fourth-order valence-electron chi connectivity index (χ4n) is 1.54. The van der Waals surface area contributed by atoms with Gasteiger partial charge in [-0.25, -0.2) is 4.99 Å². The molecule has 0 heterocycles. The number of nitriles is 2. The van der Waals surface area contributed by atoms with Gasteiger partial charge in [0.05, 0.1) is 17.7 Å². The van der Waals surface area contributed by atoms with E-state index in [1.54, 1.807) is 0 Å². The molecule has 0 fully saturated rings. The minimum atomic E-state index is 0.390. The van der Waals surface area contributed by atoms with Gasteiger partial charge in [0.15, 0.2) is 6.40 Å². The molecule has 0 unspecified atom stereocenters. The third-order valence-corrected chi connectivity index (χ3v) is 2.34. The number of aryl methyl sites for hydroxylation is 2. The van der Waals surface area contributed by atoms with Crippen LogP contribution in [0.5, 0.6) is 0 Å². The minimum Gasteiger partial charge on any atom is -0.483 e. The summed E-state index contributed by atoms with van der Waals surface area (Å²) >= 11 is 0. The summed E-state index contributed by atoms with van der Waals surface area (Å²) in [5, 5.41) is 18.2. The maximum Gasteiger partial charge on any atom is 0.174 e. The molecule has 17 heavy (non-hydrogen) atoms. The van der Waals surface area contributed by atoms with Crippen molar-refractivity contribution < 1.29 is 4.74 Å². The molecule has 4 nitrogen and oxygen atoms in total. The monoisotopic (exact) mass is 227 g/mol. The van der Waals surface area contributed by atoms with Crippen LogP contribution in [0.4, 0.5) is 5.69 Å². The summed E-state index contributed by atoms with van der Waals surface area (Å²) in [7, 11) is 0. The first kappa shape index (κ1) is 12.7. The lowest BCUT2D eigenvalue weighted by Crippen LogP contribution is -1.93. The Morgan fingerprint density at radius 3 is 2.18 bits per heavy atom. The molecule has 0 spiro atoms. The first-order valence-corrected chi connectivity index (χ1v) is 5.24. The molecular formula is C13H13N3O. The van der Waals surface area contributed by atoms with E-state index in [1.165, 1.54) is 6.40 Å². The Hall–Kier alpha value is -2.33. The quantitative estimate of drug-likeness (QED) is 0.588. The van der Waals surface area contributed by atoms with Gasteiger partial charge in [0.1, 0.15) is 17.8 Å². The summed E-state index contributed by atoms with van der Waals surface area (Å²) in [6.07, 6.45) is 1.27. The van der Waals surface area contributed by atoms with Gasteiger partial charge in [0.2, 0.25) is 0 Å². The van der Waals surface area contributed by atoms with Gasteiger partial charge in [0.25, 0.3) is 0 Å². The van der Waals surface area contributed by atoms with E-state index in [0.29, 0.717) is 23.4 Å². The van der Waals surface area contributed by atoms with Crippen LogP contribution < -0.4 is 0 Å². The maximum absolute atomic E-state index is 9.09. The standard InChI is InChI=1S/C13H13N3O/c1-4-17-8-16-13-11(6-14)9(2)5-10(3)12(13)7-15/h5,8H,4H2,1-3H3. The fourth-order valence-corrected chi connectivity index (χ4v) is 1.54. The second kappa shape index (κ2) is 5.67. The van der Waals surface area contributed by atoms with E-state index in [0.717, 1.165) is 11.1 Å². The van der Waals surface area contributed by atoms with Crippen molar-refractivity contribution in [2.45, 2.75) is 20.8 Å². The third-order valence-electron chi connectivity index (χ3n) is 2.34. The molecule has 0 N–H and O–H groups in total. The van der Waals surface area contributed by atoms with Crippen LogP contribution in [0.1, 0.15) is 29.2 Å². The first-order chi connectivity index (χ1) is 8.15. The maximum atomic E-state index is 9.09. The summed E-state index contributed by atoms with van der Waals surface area (Å²) in [5.74, 6) is 0. The highest BCUT2D eigenvalue weighted by Crippen LogP contribution is 2.29. The number of ether oxygens (including phenoxy) is 1. The lowest BCUT2D eigenvalue weighted by molar-refractivity contribution is 0.344. The van der Waals surface area contributed by atoms with Gasteiger partial charge < -0.3 is 4.74 Å². The molecule has 0 amide bonds. The average Bonchev–Trinajstić information content (AvgIpc) is 2.29. The Morgan fingerprint density at radius 2 is 1.76 bits per heavy atom. The molecule has 0 aromatic heterocycles. The van der Waals surface area contributed by atoms with E-state index in [-0.39, 0.29) is 0 Å². The van der Waals surface area contributed by atoms with E-state index in [9.17, 15) is 0 Å². The van der Waals surface area contributed by atoms with Crippen molar-refractivity contribution in [1.29, 1.82) is 10.5 Å². The molecule has 0 aliphatic heterocycles. The molecule has 0 saturated carbocycles. The molecule has 0 aliphatic carbocycles. The summed E-state index contributed by atoms with van der Waals surface area (Å²) in [6.45, 7) is 5.99. The van der Waals surface area contributed by atoms with Gasteiger partial charge in [-0.1, -0.05) is 6.07 Å². The molecular weight excluding hydrogens is 214 g/mol. The lowest BCUT2D eigenvalue weighted by Gasteiger charge is -2.07. The average molecular weight is 227 g/mol. The van der Waals surface area contributed by atoms with Crippen molar-refractivity contribution in [3.63, 3.8) is 0 Å². The van der Waals surface area contributed by atoms with Crippen LogP contribution in [0, 0.1) is 36.5 Å². The normalized spacial score (nSPS) is 9.94. The number of benzene rings is 1. The Kier molecular flexibility index (Phi) is 4.25. The van der Waals surface area contributed by atoms with Crippen LogP contribution in [-0.2, 0) is 4.74 Å². The zero-order valence-electron chi connectivity index (χ0n) is 10.1. The van der Waals surface area contributed by atoms with Crippen LogP contribution >= 0.6 is 0 Å². The zero-order valence-corrected chi connectivity index (χ0v) is 10.1. The number of hydrogen-bond acceptors (Lipinski definition) is 4. The molecule has 0 aliphatic rings. The Bertz CT molecular complexity index is 495. The van der Waals surface area contributed by atoms with Gasteiger partial charge in [-0.3, -0.25) is 0 Å². The van der Waals surface area contributed by atoms with Crippen molar-refractivity contribution in [3.05, 3.63) is 28.3 Å². The van der Waals surface area contributed by atoms with Crippen molar-refractivity contribution in [3.8, 4) is 12.1 Å². The van der Waals surface area contributed by atoms with Gasteiger partial charge in [-0.05, 0) is 31.9 Å². The molecule has 0 saturated heterocycles. The number of hydrogen-bond donors (Lipinski definition) is 0. The van der Waals surface area contributed by atoms with Crippen LogP contribution in [-0.4, -0.2) is 13.0 Å². The molecule has 1 rings (SSSR count). The molecule has 1 aromatic rings. The van der Waals surface area contributed by atoms with Crippen molar-refractivity contribution in [2.75, 3.05) is 6.61 Å². The van der Waals surface area contributed by atoms with Crippen LogP contribution in [0.15, 0.2) is 11.1 Å². The predicted molar refractivity (Wildman–Crippen MR) is 65.1 cm³/mol. The van der Waals surface area contributed by atoms with E-state index >= 15 is 0 Å². The second-order valence-electron chi connectivity index (χ2n) is 3.52. The van der Waals surface area contributed by atoms with E-state index in [2.05, 4.69) is 17.1 Å². The van der Waals surface area contributed by atoms with Crippen LogP contribution in [0.25, 0.3) is 0 Å². The van der Waals surface area contributed by atoms with Crippen molar-refractivity contribution >= 4 is 12.1 Å². The Balaban J connectivity index is 3.43. The van der Waals surface area contributed by atoms with E-state index in [4.69, 9.17) is 15.3 Å². The highest BCUT2D eigenvalue weighted by Gasteiger charge is 2.13. The lowest BCUT2D eigenvalue weighted by atomic mass is 9.98. The Morgan fingerprint density at radius 1 is 1.24 bits per heavy atom. The highest BCUT2D eigenvalue weighted by molar-refractivity contribution is 5.72. The van der Waals surface area contributed by atoms with Gasteiger partial charge in [-0.2, -0.15) is 10.5 Å². The molecule has 1 aromatic carbocycles. The summed E-state index contributed by atoms with van der Waals surface area (Å²) < 4.78 is 5.01. The molecule has 0 bridgehead atoms. The summed E-state index contributed by atoms with van der Waals surface area (Å²) in [4.78, 5) is 4.07. The van der Waals surface area contributed by atoms with Crippen molar-refractivity contribution in [2.24, 2.45) is 4.99 Å². The minimum absolute atomic E-state index is 0.390. The molecule has 0 radical (unpaired) electrons. The summed E-state index contributed by atoms with van der Waals surface area (Å²) in [6, 6.07) is 5.96. The zero-order chi connectivity index (χ0) is 12.8. The largest absolute Gasteiger partial charge is 0.483 e. The van der Waals surface area contributed by atoms with Gasteiger partial charge >= 0.3 is 0 Å². The fraction of sp³-hybridized carbons (Fsp3) is 0.308. The molecule has 4 heteroatoms. The van der Waals surface area contributed by atoms with Crippen LogP contribution in [0.2, 0.25) is 0 Å². The summed E-state index contributed by atoms with van der Waals surface area (Å²) in [5.41, 5.74) is 2.85. The number of aliphatic imine (C=N–C) groups is 1. The highest BCUT2D eigenvalue weighted by atomic mass is 16.5. The third kappa shape index (κ3) is 2.62. The Labute approximate surface area is 101 Å². The second-order valence-corrected chi connectivity index (χ2v) is 3.52. The van der Waals surface area contributed by atoms with Gasteiger partial charge in [-0.15, -0.1) is 0 Å². The number of nitrogens with zero attached hydrogens (tertiary/aromatic N) is 3. The number of rotatable bonds is 3. The van der Waals surface area contributed by atoms with Gasteiger partial charge in [0, 0.05) is 0 Å². The van der Waals surface area contributed by atoms with E-state index < -0.39 is 0 Å². The smallest absolute Gasteiger partial charge is 0.174 e. The molecule has 86 valence electrons. The topological polar surface area (TPSA) is 69.2 Å². The predicted octanol–water partition coefficient (Wildman–Crippen LogP) is 2.74. The molecule has 0 atom stereocenters.